The Kier molecular flexibility index (Phi) is 3.00. The minimum Gasteiger partial charge on any atom is -0.0499 e. The van der Waals surface area contributed by atoms with Gasteiger partial charge in [-0.3, -0.25) is 0 Å². The van der Waals surface area contributed by atoms with Crippen LogP contribution in [0.5, 0.6) is 0 Å². The molecule has 0 aliphatic heterocycles. The van der Waals surface area contributed by atoms with Crippen molar-refractivity contribution in [3.8, 4) is 0 Å². The highest BCUT2D eigenvalue weighted by Crippen LogP contribution is 2.36. The third kappa shape index (κ3) is 2.14. The molecule has 0 unspecified atom stereocenters. The SMILES string of the molecule is c1c2c3cc4c1=c1cc5c(cc1C4)=c1cc4c(cc1C5)=c1cc5c(cc1C4)=c1cc4c(cc1C5)=c1cc(c=3cc1C4)C2. The molecule has 192 valence electrons. The summed E-state index contributed by atoms with van der Waals surface area (Å²) in [7, 11) is 0. The molecular formula is C42H24. The first-order chi connectivity index (χ1) is 20.7. The van der Waals surface area contributed by atoms with E-state index in [1.54, 1.807) is 0 Å². The predicted octanol–water partition coefficient (Wildman–Crippen LogP) is 7.15. The van der Waals surface area contributed by atoms with E-state index in [1.807, 2.05) is 0 Å². The van der Waals surface area contributed by atoms with Gasteiger partial charge in [-0.05, 0) is 241 Å². The first-order valence-electron chi connectivity index (χ1n) is 15.7. The second kappa shape index (κ2) is 6.22. The lowest BCUT2D eigenvalue weighted by molar-refractivity contribution is 1.17. The minimum absolute atomic E-state index is 1.06. The molecule has 0 fully saturated rings. The summed E-state index contributed by atoms with van der Waals surface area (Å²) in [6, 6.07) is 30.7. The van der Waals surface area contributed by atoms with Crippen molar-refractivity contribution in [2.24, 2.45) is 0 Å². The van der Waals surface area contributed by atoms with E-state index in [1.165, 1.54) is 129 Å². The number of hydrogen-bond acceptors (Lipinski definition) is 0. The van der Waals surface area contributed by atoms with Crippen molar-refractivity contribution in [3.63, 3.8) is 0 Å². The topological polar surface area (TPSA) is 0 Å². The summed E-state index contributed by atoms with van der Waals surface area (Å²) in [4.78, 5) is 0. The van der Waals surface area contributed by atoms with Crippen LogP contribution in [0.25, 0.3) is 0 Å². The Labute approximate surface area is 240 Å². The maximum atomic E-state index is 2.56. The third-order valence-electron chi connectivity index (χ3n) is 12.0. The summed E-state index contributed by atoms with van der Waals surface area (Å²) in [6.07, 6.45) is 6.33. The zero-order valence-corrected chi connectivity index (χ0v) is 23.2. The fourth-order valence-corrected chi connectivity index (χ4v) is 10.1. The van der Waals surface area contributed by atoms with Gasteiger partial charge in [-0.25, -0.2) is 0 Å². The quantitative estimate of drug-likeness (QED) is 0.196. The number of fused-ring (bicyclic) bond motifs is 12. The normalized spacial score (nSPS) is 16.0. The first-order valence-corrected chi connectivity index (χ1v) is 15.7. The van der Waals surface area contributed by atoms with Crippen LogP contribution in [-0.2, 0) is 38.5 Å². The molecule has 0 atom stereocenters. The van der Waals surface area contributed by atoms with Gasteiger partial charge in [0.15, 0.2) is 0 Å². The fourth-order valence-electron chi connectivity index (χ4n) is 10.1. The largest absolute Gasteiger partial charge is 0.0499 e. The van der Waals surface area contributed by atoms with Gasteiger partial charge in [-0.2, -0.15) is 0 Å². The average Bonchev–Trinajstić information content (AvgIpc) is 3.81. The summed E-state index contributed by atoms with van der Waals surface area (Å²) in [5.74, 6) is 0. The summed E-state index contributed by atoms with van der Waals surface area (Å²) in [6.45, 7) is 0. The van der Waals surface area contributed by atoms with E-state index in [0.717, 1.165) is 38.5 Å². The molecule has 6 aliphatic rings. The Morgan fingerprint density at radius 1 is 0.167 bits per heavy atom. The zero-order chi connectivity index (χ0) is 26.6. The van der Waals surface area contributed by atoms with Crippen molar-refractivity contribution in [2.45, 2.75) is 38.5 Å². The van der Waals surface area contributed by atoms with Gasteiger partial charge in [-0.15, -0.1) is 0 Å². The lowest BCUT2D eigenvalue weighted by Gasteiger charge is -1.99. The number of rotatable bonds is 0. The molecule has 0 bridgehead atoms. The van der Waals surface area contributed by atoms with Crippen LogP contribution in [0.1, 0.15) is 66.8 Å². The van der Waals surface area contributed by atoms with Crippen molar-refractivity contribution in [1.29, 1.82) is 0 Å². The van der Waals surface area contributed by atoms with Crippen LogP contribution >= 0.6 is 0 Å². The maximum Gasteiger partial charge on any atom is -0.00130 e. The van der Waals surface area contributed by atoms with Crippen molar-refractivity contribution in [3.05, 3.63) is 202 Å². The van der Waals surface area contributed by atoms with Crippen LogP contribution < -0.4 is 0 Å². The van der Waals surface area contributed by atoms with E-state index in [4.69, 9.17) is 0 Å². The molecule has 0 radical (unpaired) electrons. The predicted molar refractivity (Wildman–Crippen MR) is 162 cm³/mol. The zero-order valence-electron chi connectivity index (χ0n) is 23.2. The average molecular weight is 529 g/mol. The van der Waals surface area contributed by atoms with Crippen molar-refractivity contribution >= 4 is 0 Å². The summed E-state index contributed by atoms with van der Waals surface area (Å²) >= 11 is 0. The van der Waals surface area contributed by atoms with E-state index in [0.29, 0.717) is 0 Å². The van der Waals surface area contributed by atoms with Crippen LogP contribution in [0.3, 0.4) is 0 Å². The molecule has 0 aromatic heterocycles. The van der Waals surface area contributed by atoms with Gasteiger partial charge in [0, 0.05) is 0 Å². The Hall–Kier alpha value is -4.68. The lowest BCUT2D eigenvalue weighted by atomic mass is 10.0. The van der Waals surface area contributed by atoms with Crippen LogP contribution in [0.15, 0.2) is 72.8 Å². The molecule has 0 saturated heterocycles. The second-order valence-electron chi connectivity index (χ2n) is 14.1. The molecule has 0 heteroatoms. The van der Waals surface area contributed by atoms with Gasteiger partial charge >= 0.3 is 0 Å². The van der Waals surface area contributed by atoms with Gasteiger partial charge in [0.2, 0.25) is 0 Å². The van der Waals surface area contributed by atoms with Crippen LogP contribution in [-0.4, -0.2) is 0 Å². The molecule has 6 aromatic rings. The van der Waals surface area contributed by atoms with E-state index >= 15 is 0 Å². The standard InChI is InChI=1S/C42H24/c1-19-7-33-21-2-23-13-37-25(11-35(23)33)4-27-15-41-29(17-39(27)37)6-30-18-40-28(16-42(30)41)5-26-12-36-24(14-38(26)40)3-22-10-32(31(19)9-21)20(1)8-34(22)36/h7-18H,1-6H2. The molecule has 0 amide bonds. The van der Waals surface area contributed by atoms with Gasteiger partial charge in [-0.1, -0.05) is 0 Å². The number of hydrogen-bond donors (Lipinski definition) is 0. The fraction of sp³-hybridized carbons (Fsp3) is 0.143. The monoisotopic (exact) mass is 528 g/mol. The number of benzene rings is 6. The maximum absolute atomic E-state index is 2.56. The molecular weight excluding hydrogens is 504 g/mol. The summed E-state index contributed by atoms with van der Waals surface area (Å²) in [5, 5.41) is 17.8. The molecule has 0 heterocycles. The first kappa shape index (κ1) is 20.2. The van der Waals surface area contributed by atoms with Crippen LogP contribution in [0.4, 0.5) is 0 Å². The second-order valence-corrected chi connectivity index (χ2v) is 14.1. The highest BCUT2D eigenvalue weighted by molar-refractivity contribution is 5.54. The van der Waals surface area contributed by atoms with Gasteiger partial charge in [0.1, 0.15) is 0 Å². The van der Waals surface area contributed by atoms with Gasteiger partial charge in [0.25, 0.3) is 0 Å². The summed E-state index contributed by atoms with van der Waals surface area (Å²) < 4.78 is 0. The molecule has 0 saturated carbocycles. The lowest BCUT2D eigenvalue weighted by Crippen LogP contribution is -1.87. The van der Waals surface area contributed by atoms with Crippen molar-refractivity contribution < 1.29 is 0 Å². The van der Waals surface area contributed by atoms with Crippen LogP contribution in [0, 0.1) is 62.6 Å². The third-order valence-corrected chi connectivity index (χ3v) is 12.0. The molecule has 0 nitrogen and oxygen atoms in total. The van der Waals surface area contributed by atoms with E-state index in [9.17, 15) is 0 Å². The highest BCUT2D eigenvalue weighted by atomic mass is 14.3. The van der Waals surface area contributed by atoms with E-state index in [2.05, 4.69) is 72.8 Å². The van der Waals surface area contributed by atoms with Crippen molar-refractivity contribution in [1.82, 2.24) is 0 Å². The van der Waals surface area contributed by atoms with Crippen LogP contribution in [0.2, 0.25) is 0 Å². The smallest absolute Gasteiger partial charge is 0.00130 e. The molecule has 0 N–H and O–H groups in total. The Morgan fingerprint density at radius 2 is 0.262 bits per heavy atom. The van der Waals surface area contributed by atoms with Gasteiger partial charge in [0.05, 0.1) is 0 Å². The van der Waals surface area contributed by atoms with Gasteiger partial charge < -0.3 is 0 Å². The molecule has 42 heavy (non-hydrogen) atoms. The molecule has 6 aliphatic carbocycles. The summed E-state index contributed by atoms with van der Waals surface area (Å²) in [5.41, 5.74) is 18.2. The molecule has 12 rings (SSSR count). The van der Waals surface area contributed by atoms with E-state index in [-0.39, 0.29) is 0 Å². The highest BCUT2D eigenvalue weighted by Gasteiger charge is 2.23. The Bertz CT molecular complexity index is 2350. The Morgan fingerprint density at radius 3 is 0.357 bits per heavy atom. The van der Waals surface area contributed by atoms with Crippen molar-refractivity contribution in [2.75, 3.05) is 0 Å². The molecule has 6 aromatic carbocycles. The van der Waals surface area contributed by atoms with E-state index < -0.39 is 0 Å². The minimum atomic E-state index is 1.06. The molecule has 0 spiro atoms. The Balaban J connectivity index is 1.28.